The highest BCUT2D eigenvalue weighted by atomic mass is 32.1. The Morgan fingerprint density at radius 2 is 2.31 bits per heavy atom. The maximum atomic E-state index is 4.67. The van der Waals surface area contributed by atoms with E-state index in [1.54, 1.807) is 11.3 Å². The highest BCUT2D eigenvalue weighted by molar-refractivity contribution is 7.09. The molecule has 90 valence electrons. The average molecular weight is 238 g/mol. The molecule has 2 nitrogen and oxygen atoms in total. The molecule has 2 rings (SSSR count). The summed E-state index contributed by atoms with van der Waals surface area (Å²) in [6.07, 6.45) is 5.26. The predicted octanol–water partition coefficient (Wildman–Crippen LogP) is 3.47. The van der Waals surface area contributed by atoms with Crippen molar-refractivity contribution in [1.82, 2.24) is 10.3 Å². The fourth-order valence-corrected chi connectivity index (χ4v) is 3.09. The van der Waals surface area contributed by atoms with Gasteiger partial charge in [0.05, 0.1) is 5.54 Å². The second-order valence-electron chi connectivity index (χ2n) is 5.20. The third-order valence-electron chi connectivity index (χ3n) is 3.25. The van der Waals surface area contributed by atoms with Crippen molar-refractivity contribution in [2.45, 2.75) is 52.0 Å². The molecule has 1 unspecified atom stereocenters. The van der Waals surface area contributed by atoms with Gasteiger partial charge in [0.1, 0.15) is 5.01 Å². The Balaban J connectivity index is 2.11. The Morgan fingerprint density at radius 3 is 2.81 bits per heavy atom. The van der Waals surface area contributed by atoms with E-state index in [1.807, 2.05) is 0 Å². The molecule has 0 amide bonds. The minimum Gasteiger partial charge on any atom is -0.306 e. The van der Waals surface area contributed by atoms with E-state index in [0.717, 1.165) is 18.2 Å². The molecule has 1 aliphatic rings. The zero-order valence-electron chi connectivity index (χ0n) is 10.5. The molecule has 1 fully saturated rings. The highest BCUT2D eigenvalue weighted by Crippen LogP contribution is 2.41. The molecule has 0 saturated heterocycles. The smallest absolute Gasteiger partial charge is 0.113 e. The maximum Gasteiger partial charge on any atom is 0.113 e. The van der Waals surface area contributed by atoms with Crippen LogP contribution in [-0.2, 0) is 5.54 Å². The van der Waals surface area contributed by atoms with Crippen LogP contribution in [0.25, 0.3) is 0 Å². The van der Waals surface area contributed by atoms with Crippen LogP contribution in [0.15, 0.2) is 5.38 Å². The van der Waals surface area contributed by atoms with Crippen LogP contribution in [0.3, 0.4) is 0 Å². The third kappa shape index (κ3) is 2.83. The lowest BCUT2D eigenvalue weighted by atomic mass is 9.95. The molecule has 0 aliphatic heterocycles. The van der Waals surface area contributed by atoms with Gasteiger partial charge in [-0.25, -0.2) is 4.98 Å². The molecule has 3 heteroatoms. The van der Waals surface area contributed by atoms with Crippen molar-refractivity contribution in [2.24, 2.45) is 5.92 Å². The van der Waals surface area contributed by atoms with Gasteiger partial charge >= 0.3 is 0 Å². The van der Waals surface area contributed by atoms with Crippen molar-refractivity contribution in [3.63, 3.8) is 0 Å². The fraction of sp³-hybridized carbons (Fsp3) is 0.769. The molecular weight excluding hydrogens is 216 g/mol. The van der Waals surface area contributed by atoms with Gasteiger partial charge < -0.3 is 5.32 Å². The fourth-order valence-electron chi connectivity index (χ4n) is 2.14. The van der Waals surface area contributed by atoms with Gasteiger partial charge in [-0.3, -0.25) is 0 Å². The van der Waals surface area contributed by atoms with Gasteiger partial charge in [-0.05, 0) is 39.2 Å². The summed E-state index contributed by atoms with van der Waals surface area (Å²) in [6.45, 7) is 7.70. The van der Waals surface area contributed by atoms with E-state index in [2.05, 4.69) is 36.5 Å². The zero-order valence-corrected chi connectivity index (χ0v) is 11.4. The molecule has 1 N–H and O–H groups in total. The first-order valence-corrected chi connectivity index (χ1v) is 7.19. The number of nitrogens with zero attached hydrogens (tertiary/aromatic N) is 1. The largest absolute Gasteiger partial charge is 0.306 e. The minimum absolute atomic E-state index is 0.107. The van der Waals surface area contributed by atoms with Crippen molar-refractivity contribution < 1.29 is 0 Å². The summed E-state index contributed by atoms with van der Waals surface area (Å²) in [4.78, 5) is 4.67. The molecule has 1 aromatic heterocycles. The molecule has 1 atom stereocenters. The van der Waals surface area contributed by atoms with Crippen LogP contribution in [0.5, 0.6) is 0 Å². The van der Waals surface area contributed by atoms with Crippen LogP contribution in [0.4, 0.5) is 0 Å². The van der Waals surface area contributed by atoms with Crippen molar-refractivity contribution >= 4 is 11.3 Å². The number of hydrogen-bond acceptors (Lipinski definition) is 3. The van der Waals surface area contributed by atoms with Gasteiger partial charge in [0.2, 0.25) is 0 Å². The summed E-state index contributed by atoms with van der Waals surface area (Å²) in [7, 11) is 0. The van der Waals surface area contributed by atoms with E-state index in [-0.39, 0.29) is 5.54 Å². The van der Waals surface area contributed by atoms with Crippen LogP contribution in [0.1, 0.15) is 50.2 Å². The van der Waals surface area contributed by atoms with Gasteiger partial charge in [0, 0.05) is 11.1 Å². The van der Waals surface area contributed by atoms with E-state index in [1.165, 1.54) is 30.7 Å². The van der Waals surface area contributed by atoms with E-state index < -0.39 is 0 Å². The van der Waals surface area contributed by atoms with E-state index in [9.17, 15) is 0 Å². The molecule has 1 heterocycles. The van der Waals surface area contributed by atoms with Gasteiger partial charge in [0.15, 0.2) is 0 Å². The van der Waals surface area contributed by atoms with Crippen molar-refractivity contribution in [1.29, 1.82) is 0 Å². The maximum absolute atomic E-state index is 4.67. The molecule has 16 heavy (non-hydrogen) atoms. The SMILES string of the molecule is CCCNC(C)(CC1CC1)c1nc(C)cs1. The van der Waals surface area contributed by atoms with Gasteiger partial charge in [-0.1, -0.05) is 19.8 Å². The Morgan fingerprint density at radius 1 is 1.56 bits per heavy atom. The Kier molecular flexibility index (Phi) is 3.65. The van der Waals surface area contributed by atoms with E-state index in [0.29, 0.717) is 0 Å². The summed E-state index contributed by atoms with van der Waals surface area (Å²) in [5.41, 5.74) is 1.26. The molecule has 0 aromatic carbocycles. The summed E-state index contributed by atoms with van der Waals surface area (Å²) in [5, 5.41) is 7.12. The second kappa shape index (κ2) is 4.84. The topological polar surface area (TPSA) is 24.9 Å². The molecule has 1 aromatic rings. The summed E-state index contributed by atoms with van der Waals surface area (Å²) >= 11 is 1.80. The molecule has 1 aliphatic carbocycles. The lowest BCUT2D eigenvalue weighted by Crippen LogP contribution is -2.40. The normalized spacial score (nSPS) is 19.7. The average Bonchev–Trinajstić information content (AvgIpc) is 2.94. The Hall–Kier alpha value is -0.410. The number of nitrogens with one attached hydrogen (secondary N) is 1. The number of thiazole rings is 1. The van der Waals surface area contributed by atoms with Crippen LogP contribution >= 0.6 is 11.3 Å². The van der Waals surface area contributed by atoms with Crippen molar-refractivity contribution in [2.75, 3.05) is 6.54 Å². The number of rotatable bonds is 6. The number of hydrogen-bond donors (Lipinski definition) is 1. The minimum atomic E-state index is 0.107. The second-order valence-corrected chi connectivity index (χ2v) is 6.06. The lowest BCUT2D eigenvalue weighted by Gasteiger charge is -2.29. The Bertz CT molecular complexity index is 343. The summed E-state index contributed by atoms with van der Waals surface area (Å²) in [6, 6.07) is 0. The van der Waals surface area contributed by atoms with E-state index >= 15 is 0 Å². The Labute approximate surface area is 102 Å². The monoisotopic (exact) mass is 238 g/mol. The van der Waals surface area contributed by atoms with Crippen molar-refractivity contribution in [3.8, 4) is 0 Å². The predicted molar refractivity (Wildman–Crippen MR) is 69.8 cm³/mol. The number of aromatic nitrogens is 1. The van der Waals surface area contributed by atoms with Crippen LogP contribution < -0.4 is 5.32 Å². The quantitative estimate of drug-likeness (QED) is 0.821. The first-order chi connectivity index (χ1) is 7.64. The molecule has 0 radical (unpaired) electrons. The van der Waals surface area contributed by atoms with E-state index in [4.69, 9.17) is 0 Å². The van der Waals surface area contributed by atoms with Gasteiger partial charge in [-0.15, -0.1) is 11.3 Å². The van der Waals surface area contributed by atoms with Crippen molar-refractivity contribution in [3.05, 3.63) is 16.1 Å². The molecular formula is C13H22N2S. The molecule has 0 bridgehead atoms. The van der Waals surface area contributed by atoms with Crippen LogP contribution in [-0.4, -0.2) is 11.5 Å². The zero-order chi connectivity index (χ0) is 11.6. The van der Waals surface area contributed by atoms with Gasteiger partial charge in [-0.2, -0.15) is 0 Å². The standard InChI is InChI=1S/C13H22N2S/c1-4-7-14-13(3,8-11-5-6-11)12-15-10(2)9-16-12/h9,11,14H,4-8H2,1-3H3. The first kappa shape index (κ1) is 12.1. The lowest BCUT2D eigenvalue weighted by molar-refractivity contribution is 0.322. The molecule has 0 spiro atoms. The number of aryl methyl sites for hydroxylation is 1. The summed E-state index contributed by atoms with van der Waals surface area (Å²) < 4.78 is 0. The van der Waals surface area contributed by atoms with Crippen LogP contribution in [0, 0.1) is 12.8 Å². The summed E-state index contributed by atoms with van der Waals surface area (Å²) in [5.74, 6) is 0.929. The van der Waals surface area contributed by atoms with Gasteiger partial charge in [0.25, 0.3) is 0 Å². The third-order valence-corrected chi connectivity index (χ3v) is 4.47. The highest BCUT2D eigenvalue weighted by Gasteiger charge is 2.36. The first-order valence-electron chi connectivity index (χ1n) is 6.31. The van der Waals surface area contributed by atoms with Crippen LogP contribution in [0.2, 0.25) is 0 Å². The molecule has 1 saturated carbocycles.